The lowest BCUT2D eigenvalue weighted by Crippen LogP contribution is -2.41. The molecule has 3 heterocycles. The molecule has 68 heavy (non-hydrogen) atoms. The number of hydrogen-bond donors (Lipinski definition) is 0. The molecule has 0 bridgehead atoms. The van der Waals surface area contributed by atoms with E-state index in [1.54, 1.807) is 0 Å². The zero-order valence-corrected chi connectivity index (χ0v) is 40.2. The Kier molecular flexibility index (Phi) is 10.7. The smallest absolute Gasteiger partial charge is 0.399 e. The van der Waals surface area contributed by atoms with Gasteiger partial charge in [-0.15, -0.1) is 0 Å². The first-order valence-electron chi connectivity index (χ1n) is 23.8. The molecule has 6 nitrogen and oxygen atoms in total. The Bertz CT molecular complexity index is 3190. The zero-order chi connectivity index (χ0) is 47.0. The van der Waals surface area contributed by atoms with E-state index in [2.05, 4.69) is 259 Å². The van der Waals surface area contributed by atoms with E-state index < -0.39 is 36.6 Å². The van der Waals surface area contributed by atoms with Crippen molar-refractivity contribution in [2.24, 2.45) is 0 Å². The highest BCUT2D eigenvalue weighted by molar-refractivity contribution is 6.62. The van der Waals surface area contributed by atoms with Crippen LogP contribution >= 0.6 is 0 Å². The van der Waals surface area contributed by atoms with Crippen LogP contribution in [-0.4, -0.2) is 41.2 Å². The van der Waals surface area contributed by atoms with Crippen LogP contribution in [0.1, 0.15) is 55.4 Å². The van der Waals surface area contributed by atoms with Gasteiger partial charge in [-0.25, -0.2) is 0 Å². The first-order valence-corrected chi connectivity index (χ1v) is 23.8. The van der Waals surface area contributed by atoms with E-state index in [-0.39, 0.29) is 0 Å². The van der Waals surface area contributed by atoms with Crippen LogP contribution in [0.4, 0.5) is 17.1 Å². The monoisotopic (exact) mass is 890 g/mol. The minimum Gasteiger partial charge on any atom is -0.399 e. The van der Waals surface area contributed by atoms with Crippen LogP contribution in [-0.2, 0) is 18.6 Å². The molecule has 9 aromatic rings. The summed E-state index contributed by atoms with van der Waals surface area (Å²) in [6.45, 7) is 16.7. The Morgan fingerprint density at radius 2 is 0.735 bits per heavy atom. The quantitative estimate of drug-likeness (QED) is 0.135. The van der Waals surface area contributed by atoms with Crippen molar-refractivity contribution >= 4 is 64.0 Å². The van der Waals surface area contributed by atoms with Crippen LogP contribution in [0, 0.1) is 0 Å². The lowest BCUT2D eigenvalue weighted by atomic mass is 9.79. The van der Waals surface area contributed by atoms with Crippen LogP contribution in [0.5, 0.6) is 0 Å². The Balaban J connectivity index is 0.928. The maximum atomic E-state index is 6.42. The molecule has 2 aliphatic heterocycles. The number of fused-ring (bicyclic) bond motifs is 3. The summed E-state index contributed by atoms with van der Waals surface area (Å²) in [5.74, 6) is 0. The molecule has 0 atom stereocenters. The molecule has 11 rings (SSSR count). The van der Waals surface area contributed by atoms with Gasteiger partial charge in [0.05, 0.1) is 33.4 Å². The molecule has 0 spiro atoms. The van der Waals surface area contributed by atoms with Crippen LogP contribution in [0.2, 0.25) is 0 Å². The van der Waals surface area contributed by atoms with Gasteiger partial charge in [0.2, 0.25) is 0 Å². The fourth-order valence-electron chi connectivity index (χ4n) is 9.53. The Morgan fingerprint density at radius 1 is 0.338 bits per heavy atom. The van der Waals surface area contributed by atoms with Crippen molar-refractivity contribution in [1.82, 2.24) is 4.57 Å². The third-order valence-corrected chi connectivity index (χ3v) is 14.9. The average molecular weight is 891 g/mol. The van der Waals surface area contributed by atoms with Gasteiger partial charge in [-0.1, -0.05) is 121 Å². The van der Waals surface area contributed by atoms with E-state index in [1.807, 2.05) is 0 Å². The van der Waals surface area contributed by atoms with E-state index in [1.165, 1.54) is 44.1 Å². The van der Waals surface area contributed by atoms with Gasteiger partial charge in [-0.2, -0.15) is 0 Å². The minimum absolute atomic E-state index is 0.423. The molecule has 0 aliphatic carbocycles. The highest BCUT2D eigenvalue weighted by Crippen LogP contribution is 2.41. The summed E-state index contributed by atoms with van der Waals surface area (Å²) in [6.07, 6.45) is 0. The second-order valence-corrected chi connectivity index (χ2v) is 20.3. The number of para-hydroxylation sites is 1. The number of aromatic nitrogens is 1. The Labute approximate surface area is 401 Å². The van der Waals surface area contributed by atoms with Gasteiger partial charge in [0, 0.05) is 33.5 Å². The third-order valence-electron chi connectivity index (χ3n) is 14.9. The Morgan fingerprint density at radius 3 is 1.29 bits per heavy atom. The highest BCUT2D eigenvalue weighted by Gasteiger charge is 2.52. The molecular formula is C60H56B2N2O4. The van der Waals surface area contributed by atoms with Crippen molar-refractivity contribution in [3.8, 4) is 39.1 Å². The fourth-order valence-corrected chi connectivity index (χ4v) is 9.53. The van der Waals surface area contributed by atoms with Gasteiger partial charge in [0.1, 0.15) is 0 Å². The highest BCUT2D eigenvalue weighted by atomic mass is 16.7. The van der Waals surface area contributed by atoms with E-state index in [9.17, 15) is 0 Å². The van der Waals surface area contributed by atoms with Gasteiger partial charge in [-0.05, 0) is 172 Å². The van der Waals surface area contributed by atoms with E-state index in [0.29, 0.717) is 0 Å². The van der Waals surface area contributed by atoms with Gasteiger partial charge in [-0.3, -0.25) is 0 Å². The second-order valence-electron chi connectivity index (χ2n) is 20.3. The lowest BCUT2D eigenvalue weighted by molar-refractivity contribution is 0.00578. The van der Waals surface area contributed by atoms with Crippen molar-refractivity contribution in [1.29, 1.82) is 0 Å². The SMILES string of the molecule is CC1(C)OB(c2ccc(N(c3ccc(B4OC(C)(C)C(C)(C)O4)cc3)c3ccc(-c4ccc5c(c4)c4ccccc4n5-c4cccc(-c5cccc(-c6ccccc6)c5)c4)cc3)cc2)OC1(C)C. The van der Waals surface area contributed by atoms with Gasteiger partial charge in [0.25, 0.3) is 0 Å². The molecule has 0 saturated carbocycles. The molecule has 8 heteroatoms. The summed E-state index contributed by atoms with van der Waals surface area (Å²) in [5.41, 5.74) is 13.9. The number of hydrogen-bond acceptors (Lipinski definition) is 5. The Hall–Kier alpha value is -6.67. The van der Waals surface area contributed by atoms with E-state index in [4.69, 9.17) is 18.6 Å². The van der Waals surface area contributed by atoms with Gasteiger partial charge in [0.15, 0.2) is 0 Å². The molecule has 2 saturated heterocycles. The number of anilines is 3. The van der Waals surface area contributed by atoms with Crippen molar-refractivity contribution in [2.75, 3.05) is 4.90 Å². The van der Waals surface area contributed by atoms with Crippen molar-refractivity contribution in [2.45, 2.75) is 77.8 Å². The molecule has 0 unspecified atom stereocenters. The summed E-state index contributed by atoms with van der Waals surface area (Å²) in [4.78, 5) is 2.29. The molecule has 8 aromatic carbocycles. The standard InChI is InChI=1S/C60H56B2N2O4/c1-57(2)58(3,4)66-61(65-57)47-27-33-50(34-28-47)63(51-35-29-48(30-36-51)62-67-59(5,6)60(7,8)68-62)49-31-24-42(25-32-49)46-26-37-56-54(40-46)53-22-12-13-23-55(53)64(56)52-21-15-20-45(39-52)44-19-14-18-43(38-44)41-16-10-9-11-17-41/h9-40H,1-8H3. The summed E-state index contributed by atoms with van der Waals surface area (Å²) in [5, 5.41) is 2.43. The molecule has 0 radical (unpaired) electrons. The topological polar surface area (TPSA) is 45.1 Å². The summed E-state index contributed by atoms with van der Waals surface area (Å²) < 4.78 is 28.1. The average Bonchev–Trinajstić information content (AvgIpc) is 3.89. The molecule has 2 aliphatic rings. The number of nitrogens with zero attached hydrogens (tertiary/aromatic N) is 2. The molecule has 2 fully saturated rings. The van der Waals surface area contributed by atoms with E-state index >= 15 is 0 Å². The lowest BCUT2D eigenvalue weighted by Gasteiger charge is -2.32. The van der Waals surface area contributed by atoms with Gasteiger partial charge < -0.3 is 28.1 Å². The van der Waals surface area contributed by atoms with Crippen LogP contribution in [0.15, 0.2) is 194 Å². The molecule has 0 amide bonds. The summed E-state index contributed by atoms with van der Waals surface area (Å²) in [7, 11) is -0.888. The minimum atomic E-state index is -0.444. The maximum absolute atomic E-state index is 6.42. The summed E-state index contributed by atoms with van der Waals surface area (Å²) >= 11 is 0. The molecule has 0 N–H and O–H groups in total. The van der Waals surface area contributed by atoms with Crippen molar-refractivity contribution < 1.29 is 18.6 Å². The van der Waals surface area contributed by atoms with Gasteiger partial charge >= 0.3 is 14.2 Å². The second kappa shape index (κ2) is 16.5. The predicted molar refractivity (Wildman–Crippen MR) is 283 cm³/mol. The molecule has 1 aromatic heterocycles. The normalized spacial score (nSPS) is 17.0. The first-order chi connectivity index (χ1) is 32.6. The largest absolute Gasteiger partial charge is 0.494 e. The molecular weight excluding hydrogens is 834 g/mol. The predicted octanol–water partition coefficient (Wildman–Crippen LogP) is 13.9. The third kappa shape index (κ3) is 7.76. The fraction of sp³-hybridized carbons (Fsp3) is 0.200. The maximum Gasteiger partial charge on any atom is 0.494 e. The van der Waals surface area contributed by atoms with E-state index in [0.717, 1.165) is 44.8 Å². The number of rotatable bonds is 9. The van der Waals surface area contributed by atoms with Crippen molar-refractivity contribution in [3.05, 3.63) is 194 Å². The van der Waals surface area contributed by atoms with Crippen molar-refractivity contribution in [3.63, 3.8) is 0 Å². The van der Waals surface area contributed by atoms with Crippen LogP contribution in [0.25, 0.3) is 60.9 Å². The zero-order valence-electron chi connectivity index (χ0n) is 40.2. The summed E-state index contributed by atoms with van der Waals surface area (Å²) in [6, 6.07) is 69.8. The van der Waals surface area contributed by atoms with Crippen LogP contribution in [0.3, 0.4) is 0 Å². The number of benzene rings is 8. The molecule has 336 valence electrons. The van der Waals surface area contributed by atoms with Crippen LogP contribution < -0.4 is 15.8 Å². The first kappa shape index (κ1) is 43.9.